The molecule has 0 saturated heterocycles. The maximum Gasteiger partial charge on any atom is 0.325 e. The van der Waals surface area contributed by atoms with Crippen LogP contribution >= 0.6 is 0 Å². The summed E-state index contributed by atoms with van der Waals surface area (Å²) in [5.74, 6) is -1.07. The lowest BCUT2D eigenvalue weighted by Crippen LogP contribution is -2.40. The van der Waals surface area contributed by atoms with E-state index >= 15 is 0 Å². The van der Waals surface area contributed by atoms with E-state index in [2.05, 4.69) is 5.32 Å². The molecule has 1 unspecified atom stereocenters. The third-order valence-electron chi connectivity index (χ3n) is 3.76. The van der Waals surface area contributed by atoms with Gasteiger partial charge in [-0.2, -0.15) is 0 Å². The number of carboxylic acid groups (broad SMARTS) is 1. The average Bonchev–Trinajstić information content (AvgIpc) is 2.46. The first-order chi connectivity index (χ1) is 9.97. The number of aliphatic hydroxyl groups is 1. The number of carbonyl (C=O) groups is 1. The monoisotopic (exact) mass is 294 g/mol. The van der Waals surface area contributed by atoms with E-state index in [0.717, 1.165) is 0 Å². The molecule has 1 atom stereocenters. The fourth-order valence-corrected chi connectivity index (χ4v) is 2.61. The maximum atomic E-state index is 11.4. The third-order valence-corrected chi connectivity index (χ3v) is 3.76. The van der Waals surface area contributed by atoms with Crippen molar-refractivity contribution in [3.63, 3.8) is 0 Å². The topological polar surface area (TPSA) is 113 Å². The van der Waals surface area contributed by atoms with Gasteiger partial charge in [0.25, 0.3) is 5.69 Å². The van der Waals surface area contributed by atoms with Crippen molar-refractivity contribution >= 4 is 11.7 Å². The number of aliphatic hydroxyl groups excluding tert-OH is 1. The second-order valence-corrected chi connectivity index (χ2v) is 5.30. The molecule has 0 heterocycles. The molecule has 1 saturated carbocycles. The van der Waals surface area contributed by atoms with Crippen LogP contribution in [0.3, 0.4) is 0 Å². The molecule has 0 bridgehead atoms. The minimum Gasteiger partial charge on any atom is -0.480 e. The van der Waals surface area contributed by atoms with Gasteiger partial charge >= 0.3 is 5.97 Å². The molecule has 0 aliphatic heterocycles. The van der Waals surface area contributed by atoms with Gasteiger partial charge in [-0.05, 0) is 31.2 Å². The van der Waals surface area contributed by atoms with Crippen molar-refractivity contribution < 1.29 is 19.9 Å². The van der Waals surface area contributed by atoms with Crippen LogP contribution in [0, 0.1) is 10.1 Å². The number of hydrogen-bond donors (Lipinski definition) is 3. The Morgan fingerprint density at radius 2 is 2.00 bits per heavy atom. The lowest BCUT2D eigenvalue weighted by molar-refractivity contribution is -0.384. The molecule has 7 nitrogen and oxygen atoms in total. The van der Waals surface area contributed by atoms with Crippen LogP contribution in [0.2, 0.25) is 0 Å². The quantitative estimate of drug-likeness (QED) is 0.561. The normalized spacial score (nSPS) is 23.5. The van der Waals surface area contributed by atoms with Crippen molar-refractivity contribution in [2.45, 2.75) is 43.9 Å². The van der Waals surface area contributed by atoms with Crippen LogP contribution in [0.1, 0.15) is 37.3 Å². The predicted molar refractivity (Wildman–Crippen MR) is 74.9 cm³/mol. The zero-order valence-electron chi connectivity index (χ0n) is 11.4. The summed E-state index contributed by atoms with van der Waals surface area (Å²) in [6.45, 7) is 0. The Balaban J connectivity index is 2.13. The molecule has 1 aromatic rings. The number of carboxylic acids is 1. The van der Waals surface area contributed by atoms with Gasteiger partial charge in [-0.1, -0.05) is 12.1 Å². The first kappa shape index (κ1) is 15.4. The van der Waals surface area contributed by atoms with Crippen LogP contribution < -0.4 is 5.32 Å². The Hall–Kier alpha value is -1.99. The molecule has 114 valence electrons. The van der Waals surface area contributed by atoms with Crippen molar-refractivity contribution in [1.82, 2.24) is 5.32 Å². The van der Waals surface area contributed by atoms with Crippen molar-refractivity contribution in [1.29, 1.82) is 0 Å². The minimum atomic E-state index is -1.07. The summed E-state index contributed by atoms with van der Waals surface area (Å²) in [5, 5.41) is 32.6. The van der Waals surface area contributed by atoms with E-state index in [1.54, 1.807) is 6.07 Å². The molecule has 1 aromatic carbocycles. The Morgan fingerprint density at radius 3 is 2.57 bits per heavy atom. The second kappa shape index (κ2) is 6.64. The number of benzene rings is 1. The Kier molecular flexibility index (Phi) is 4.87. The number of hydrogen-bond acceptors (Lipinski definition) is 5. The summed E-state index contributed by atoms with van der Waals surface area (Å²) >= 11 is 0. The molecule has 1 aliphatic carbocycles. The summed E-state index contributed by atoms with van der Waals surface area (Å²) in [7, 11) is 0. The lowest BCUT2D eigenvalue weighted by Gasteiger charge is -2.29. The fourth-order valence-electron chi connectivity index (χ4n) is 2.61. The van der Waals surface area contributed by atoms with Gasteiger partial charge in [0.15, 0.2) is 0 Å². The summed E-state index contributed by atoms with van der Waals surface area (Å²) in [6.07, 6.45) is 2.35. The molecule has 21 heavy (non-hydrogen) atoms. The number of nitrogens with zero attached hydrogens (tertiary/aromatic N) is 1. The molecular formula is C14H18N2O5. The molecule has 0 spiro atoms. The number of nitro benzene ring substituents is 1. The number of non-ortho nitro benzene ring substituents is 1. The van der Waals surface area contributed by atoms with Crippen molar-refractivity contribution in [3.05, 3.63) is 39.9 Å². The van der Waals surface area contributed by atoms with Crippen LogP contribution in [0.4, 0.5) is 5.69 Å². The van der Waals surface area contributed by atoms with E-state index < -0.39 is 16.9 Å². The van der Waals surface area contributed by atoms with Crippen LogP contribution in [0.25, 0.3) is 0 Å². The van der Waals surface area contributed by atoms with Gasteiger partial charge < -0.3 is 10.2 Å². The Bertz CT molecular complexity index is 526. The first-order valence-corrected chi connectivity index (χ1v) is 6.88. The van der Waals surface area contributed by atoms with Crippen LogP contribution in [-0.4, -0.2) is 33.3 Å². The molecule has 0 aromatic heterocycles. The van der Waals surface area contributed by atoms with Crippen molar-refractivity contribution in [3.8, 4) is 0 Å². The van der Waals surface area contributed by atoms with E-state index in [1.807, 2.05) is 0 Å². The van der Waals surface area contributed by atoms with Crippen LogP contribution in [0.15, 0.2) is 24.3 Å². The van der Waals surface area contributed by atoms with E-state index in [-0.39, 0.29) is 17.8 Å². The van der Waals surface area contributed by atoms with Crippen molar-refractivity contribution in [2.75, 3.05) is 0 Å². The van der Waals surface area contributed by atoms with Gasteiger partial charge in [0.2, 0.25) is 0 Å². The summed E-state index contributed by atoms with van der Waals surface area (Å²) in [6, 6.07) is 4.67. The van der Waals surface area contributed by atoms with Gasteiger partial charge in [0, 0.05) is 18.2 Å². The number of nitro groups is 1. The molecule has 1 aliphatic rings. The zero-order valence-corrected chi connectivity index (χ0v) is 11.4. The van der Waals surface area contributed by atoms with Gasteiger partial charge in [-0.15, -0.1) is 0 Å². The molecule has 1 fully saturated rings. The van der Waals surface area contributed by atoms with E-state index in [1.165, 1.54) is 18.2 Å². The summed E-state index contributed by atoms with van der Waals surface area (Å²) in [5.41, 5.74) is 0.238. The van der Waals surface area contributed by atoms with E-state index in [4.69, 9.17) is 0 Å². The van der Waals surface area contributed by atoms with Gasteiger partial charge in [0.05, 0.1) is 11.0 Å². The fraction of sp³-hybridized carbons (Fsp3) is 0.500. The number of aliphatic carboxylic acids is 1. The molecule has 0 radical (unpaired) electrons. The largest absolute Gasteiger partial charge is 0.480 e. The van der Waals surface area contributed by atoms with Crippen molar-refractivity contribution in [2.24, 2.45) is 0 Å². The molecule has 0 amide bonds. The molecule has 2 rings (SSSR count). The van der Waals surface area contributed by atoms with Gasteiger partial charge in [0.1, 0.15) is 6.04 Å². The molecular weight excluding hydrogens is 276 g/mol. The highest BCUT2D eigenvalue weighted by Crippen LogP contribution is 2.24. The van der Waals surface area contributed by atoms with Gasteiger partial charge in [-0.3, -0.25) is 20.2 Å². The highest BCUT2D eigenvalue weighted by molar-refractivity contribution is 5.76. The standard InChI is InChI=1S/C14H18N2O5/c17-12-6-4-10(5-7-12)15-13(14(18)19)9-2-1-3-11(8-9)16(20)21/h1-3,8,10,12-13,15,17H,4-7H2,(H,18,19). The molecule has 7 heteroatoms. The SMILES string of the molecule is O=C(O)C(NC1CCC(O)CC1)c1cccc([N+](=O)[O-])c1. The second-order valence-electron chi connectivity index (χ2n) is 5.30. The maximum absolute atomic E-state index is 11.4. The lowest BCUT2D eigenvalue weighted by atomic mass is 9.92. The third kappa shape index (κ3) is 3.99. The van der Waals surface area contributed by atoms with E-state index in [0.29, 0.717) is 31.2 Å². The van der Waals surface area contributed by atoms with E-state index in [9.17, 15) is 25.1 Å². The summed E-state index contributed by atoms with van der Waals surface area (Å²) < 4.78 is 0. The summed E-state index contributed by atoms with van der Waals surface area (Å²) in [4.78, 5) is 21.7. The number of rotatable bonds is 5. The Morgan fingerprint density at radius 1 is 1.33 bits per heavy atom. The predicted octanol–water partition coefficient (Wildman–Crippen LogP) is 1.61. The first-order valence-electron chi connectivity index (χ1n) is 6.88. The van der Waals surface area contributed by atoms with Crippen LogP contribution in [0.5, 0.6) is 0 Å². The highest BCUT2D eigenvalue weighted by atomic mass is 16.6. The van der Waals surface area contributed by atoms with Gasteiger partial charge in [-0.25, -0.2) is 0 Å². The smallest absolute Gasteiger partial charge is 0.325 e. The number of nitrogens with one attached hydrogen (secondary N) is 1. The molecule has 3 N–H and O–H groups in total. The average molecular weight is 294 g/mol. The zero-order chi connectivity index (χ0) is 15.4. The van der Waals surface area contributed by atoms with Crippen LogP contribution in [-0.2, 0) is 4.79 Å². The Labute approximate surface area is 121 Å². The minimum absolute atomic E-state index is 0.00578. The highest BCUT2D eigenvalue weighted by Gasteiger charge is 2.27.